The maximum atomic E-state index is 12.9. The molecule has 3 aromatic rings. The molecule has 0 spiro atoms. The highest BCUT2D eigenvalue weighted by Gasteiger charge is 2.31. The number of hydrogen-bond donors (Lipinski definition) is 1. The monoisotopic (exact) mass is 392 g/mol. The van der Waals surface area contributed by atoms with Crippen molar-refractivity contribution in [2.75, 3.05) is 6.54 Å². The number of pyridine rings is 1. The minimum absolute atomic E-state index is 0.0504. The van der Waals surface area contributed by atoms with Crippen molar-refractivity contribution < 1.29 is 4.79 Å². The molecule has 4 heterocycles. The predicted octanol–water partition coefficient (Wildman–Crippen LogP) is 2.40. The molecule has 150 valence electrons. The molecular weight excluding hydrogens is 368 g/mol. The predicted molar refractivity (Wildman–Crippen MR) is 108 cm³/mol. The number of aromatic nitrogens is 5. The van der Waals surface area contributed by atoms with Crippen LogP contribution >= 0.6 is 0 Å². The van der Waals surface area contributed by atoms with Gasteiger partial charge in [0.2, 0.25) is 5.91 Å². The van der Waals surface area contributed by atoms with E-state index in [0.717, 1.165) is 29.8 Å². The van der Waals surface area contributed by atoms with Gasteiger partial charge in [0.15, 0.2) is 0 Å². The van der Waals surface area contributed by atoms with E-state index in [-0.39, 0.29) is 17.5 Å². The van der Waals surface area contributed by atoms with E-state index >= 15 is 0 Å². The lowest BCUT2D eigenvalue weighted by Crippen LogP contribution is -2.33. The van der Waals surface area contributed by atoms with E-state index in [1.165, 1.54) is 6.07 Å². The summed E-state index contributed by atoms with van der Waals surface area (Å²) in [4.78, 5) is 38.6. The van der Waals surface area contributed by atoms with E-state index in [2.05, 4.69) is 20.1 Å². The van der Waals surface area contributed by atoms with Crippen LogP contribution in [-0.4, -0.2) is 42.1 Å². The van der Waals surface area contributed by atoms with Crippen LogP contribution in [0.4, 0.5) is 0 Å². The molecule has 4 rings (SSSR count). The van der Waals surface area contributed by atoms with Crippen LogP contribution in [0.2, 0.25) is 0 Å². The lowest BCUT2D eigenvalue weighted by Gasteiger charge is -2.24. The highest BCUT2D eigenvalue weighted by molar-refractivity contribution is 5.77. The largest absolute Gasteiger partial charge is 0.332 e. The summed E-state index contributed by atoms with van der Waals surface area (Å²) in [7, 11) is 0. The van der Waals surface area contributed by atoms with Crippen molar-refractivity contribution in [2.45, 2.75) is 45.7 Å². The maximum Gasteiger partial charge on any atom is 0.251 e. The Morgan fingerprint density at radius 2 is 2.17 bits per heavy atom. The summed E-state index contributed by atoms with van der Waals surface area (Å²) in [6.07, 6.45) is 5.39. The van der Waals surface area contributed by atoms with Crippen molar-refractivity contribution >= 4 is 5.91 Å². The number of amides is 1. The van der Waals surface area contributed by atoms with Crippen LogP contribution in [0.3, 0.4) is 0 Å². The summed E-state index contributed by atoms with van der Waals surface area (Å²) < 4.78 is 1.86. The fourth-order valence-corrected chi connectivity index (χ4v) is 3.89. The molecule has 0 radical (unpaired) electrons. The highest BCUT2D eigenvalue weighted by Crippen LogP contribution is 2.31. The lowest BCUT2D eigenvalue weighted by molar-refractivity contribution is -0.132. The summed E-state index contributed by atoms with van der Waals surface area (Å²) >= 11 is 0. The molecule has 0 unspecified atom stereocenters. The summed E-state index contributed by atoms with van der Waals surface area (Å²) in [6.45, 7) is 5.14. The van der Waals surface area contributed by atoms with Gasteiger partial charge in [-0.1, -0.05) is 0 Å². The Labute approximate surface area is 168 Å². The van der Waals surface area contributed by atoms with Crippen LogP contribution in [0.25, 0.3) is 11.3 Å². The van der Waals surface area contributed by atoms with Crippen LogP contribution < -0.4 is 5.56 Å². The second-order valence-electron chi connectivity index (χ2n) is 7.40. The molecule has 1 atom stereocenters. The van der Waals surface area contributed by atoms with Gasteiger partial charge in [0.05, 0.1) is 17.4 Å². The van der Waals surface area contributed by atoms with Crippen molar-refractivity contribution in [3.63, 3.8) is 0 Å². The van der Waals surface area contributed by atoms with Crippen LogP contribution in [0.15, 0.2) is 41.5 Å². The quantitative estimate of drug-likeness (QED) is 0.719. The van der Waals surface area contributed by atoms with E-state index in [1.807, 2.05) is 41.6 Å². The molecular formula is C21H24N6O2. The zero-order valence-electron chi connectivity index (χ0n) is 16.6. The first-order chi connectivity index (χ1) is 14.0. The summed E-state index contributed by atoms with van der Waals surface area (Å²) in [5.41, 5.74) is 3.11. The minimum Gasteiger partial charge on any atom is -0.332 e. The number of hydrogen-bond acceptors (Lipinski definition) is 5. The standard InChI is InChI=1S/C21H24N6O2/c1-14-11-15(2)27(25-14)10-7-20(29)26-9-4-6-18(26)21-23-17(12-19(28)24-21)16-5-3-8-22-13-16/h3,5,8,11-13,18H,4,6-7,9-10H2,1-2H3,(H,23,24,28)/t18-/m0/s1. The van der Waals surface area contributed by atoms with Crippen molar-refractivity contribution in [3.05, 3.63) is 64.2 Å². The average molecular weight is 392 g/mol. The molecule has 8 heteroatoms. The first-order valence-corrected chi connectivity index (χ1v) is 9.83. The molecule has 0 bridgehead atoms. The van der Waals surface area contributed by atoms with Gasteiger partial charge < -0.3 is 9.88 Å². The van der Waals surface area contributed by atoms with E-state index in [4.69, 9.17) is 0 Å². The Hall–Kier alpha value is -3.29. The molecule has 1 aliphatic rings. The molecule has 3 aromatic heterocycles. The number of carbonyl (C=O) groups is 1. The maximum absolute atomic E-state index is 12.9. The van der Waals surface area contributed by atoms with Gasteiger partial charge in [0, 0.05) is 49.2 Å². The number of nitrogens with one attached hydrogen (secondary N) is 1. The molecule has 1 amide bonds. The molecule has 8 nitrogen and oxygen atoms in total. The Morgan fingerprint density at radius 3 is 2.90 bits per heavy atom. The van der Waals surface area contributed by atoms with Gasteiger partial charge in [-0.2, -0.15) is 5.10 Å². The van der Waals surface area contributed by atoms with Gasteiger partial charge in [0.1, 0.15) is 5.82 Å². The van der Waals surface area contributed by atoms with Crippen LogP contribution in [0.1, 0.15) is 42.5 Å². The highest BCUT2D eigenvalue weighted by atomic mass is 16.2. The zero-order valence-corrected chi connectivity index (χ0v) is 16.6. The normalized spacial score (nSPS) is 16.3. The molecule has 1 saturated heterocycles. The van der Waals surface area contributed by atoms with Crippen molar-refractivity contribution in [3.8, 4) is 11.3 Å². The average Bonchev–Trinajstić information content (AvgIpc) is 3.32. The van der Waals surface area contributed by atoms with Crippen molar-refractivity contribution in [2.24, 2.45) is 0 Å². The second-order valence-corrected chi connectivity index (χ2v) is 7.40. The third kappa shape index (κ3) is 4.11. The number of H-pyrrole nitrogens is 1. The SMILES string of the molecule is Cc1cc(C)n(CCC(=O)N2CCC[C@H]2c2nc(-c3cccnc3)cc(=O)[nH]2)n1. The third-order valence-corrected chi connectivity index (χ3v) is 5.25. The first-order valence-electron chi connectivity index (χ1n) is 9.83. The molecule has 0 aliphatic carbocycles. The van der Waals surface area contributed by atoms with Gasteiger partial charge in [0.25, 0.3) is 5.56 Å². The fraction of sp³-hybridized carbons (Fsp3) is 0.381. The van der Waals surface area contributed by atoms with Gasteiger partial charge in [-0.05, 0) is 44.9 Å². The lowest BCUT2D eigenvalue weighted by atomic mass is 10.1. The molecule has 1 N–H and O–H groups in total. The molecule has 0 aromatic carbocycles. The molecule has 1 fully saturated rings. The van der Waals surface area contributed by atoms with Gasteiger partial charge >= 0.3 is 0 Å². The first kappa shape index (κ1) is 19.0. The Balaban J connectivity index is 1.53. The van der Waals surface area contributed by atoms with Crippen LogP contribution in [0, 0.1) is 13.8 Å². The zero-order chi connectivity index (χ0) is 20.4. The van der Waals surface area contributed by atoms with Gasteiger partial charge in [-0.25, -0.2) is 4.98 Å². The Morgan fingerprint density at radius 1 is 1.31 bits per heavy atom. The topological polar surface area (TPSA) is 96.8 Å². The molecule has 29 heavy (non-hydrogen) atoms. The van der Waals surface area contributed by atoms with E-state index in [0.29, 0.717) is 31.0 Å². The van der Waals surface area contributed by atoms with E-state index in [9.17, 15) is 9.59 Å². The second kappa shape index (κ2) is 7.98. The Bertz CT molecular complexity index is 1070. The van der Waals surface area contributed by atoms with Crippen LogP contribution in [0.5, 0.6) is 0 Å². The summed E-state index contributed by atoms with van der Waals surface area (Å²) in [5.74, 6) is 0.586. The fourth-order valence-electron chi connectivity index (χ4n) is 3.89. The summed E-state index contributed by atoms with van der Waals surface area (Å²) in [5, 5.41) is 4.42. The number of aromatic amines is 1. The number of carbonyl (C=O) groups excluding carboxylic acids is 1. The van der Waals surface area contributed by atoms with Crippen LogP contribution in [-0.2, 0) is 11.3 Å². The molecule has 1 aliphatic heterocycles. The molecule has 0 saturated carbocycles. The van der Waals surface area contributed by atoms with Gasteiger partial charge in [-0.15, -0.1) is 0 Å². The number of likely N-dealkylation sites (tertiary alicyclic amines) is 1. The van der Waals surface area contributed by atoms with Crippen molar-refractivity contribution in [1.29, 1.82) is 0 Å². The van der Waals surface area contributed by atoms with E-state index < -0.39 is 0 Å². The third-order valence-electron chi connectivity index (χ3n) is 5.25. The van der Waals surface area contributed by atoms with E-state index in [1.54, 1.807) is 12.4 Å². The van der Waals surface area contributed by atoms with Gasteiger partial charge in [-0.3, -0.25) is 19.3 Å². The van der Waals surface area contributed by atoms with Crippen molar-refractivity contribution in [1.82, 2.24) is 29.6 Å². The number of aryl methyl sites for hydroxylation is 3. The minimum atomic E-state index is -0.226. The summed E-state index contributed by atoms with van der Waals surface area (Å²) in [6, 6.07) is 6.92. The number of nitrogens with zero attached hydrogens (tertiary/aromatic N) is 5. The number of rotatable bonds is 5. The Kier molecular flexibility index (Phi) is 5.24. The smallest absolute Gasteiger partial charge is 0.251 e.